The van der Waals surface area contributed by atoms with Crippen LogP contribution in [0.15, 0.2) is 22.7 Å². The van der Waals surface area contributed by atoms with Crippen molar-refractivity contribution in [3.8, 4) is 0 Å². The standard InChI is InChI=1S/C16H22BrN3O3/c1-3-13-11(8-19-16(22)23-4-2)10-6-5-7-12(17)15(10)20(13)9-14(18)21/h5-7,11,13H,3-4,8-9H2,1-2H3,(H2,18,21)(H,19,22)/t11-,13?/m0/s1. The lowest BCUT2D eigenvalue weighted by molar-refractivity contribution is -0.116. The van der Waals surface area contributed by atoms with Gasteiger partial charge in [0.1, 0.15) is 0 Å². The van der Waals surface area contributed by atoms with E-state index in [9.17, 15) is 9.59 Å². The third-order valence-corrected chi connectivity index (χ3v) is 4.70. The van der Waals surface area contributed by atoms with Gasteiger partial charge in [-0.25, -0.2) is 4.79 Å². The van der Waals surface area contributed by atoms with Gasteiger partial charge in [-0.3, -0.25) is 4.79 Å². The Morgan fingerprint density at radius 2 is 2.13 bits per heavy atom. The second-order valence-electron chi connectivity index (χ2n) is 5.46. The molecule has 1 unspecified atom stereocenters. The number of nitrogens with zero attached hydrogens (tertiary/aromatic N) is 1. The number of ether oxygens (including phenoxy) is 1. The van der Waals surface area contributed by atoms with Crippen molar-refractivity contribution in [1.82, 2.24) is 5.32 Å². The maximum absolute atomic E-state index is 11.6. The molecule has 1 aliphatic heterocycles. The number of carbonyl (C=O) groups is 2. The van der Waals surface area contributed by atoms with Crippen LogP contribution in [0.2, 0.25) is 0 Å². The molecule has 0 saturated heterocycles. The summed E-state index contributed by atoms with van der Waals surface area (Å²) in [6, 6.07) is 6.03. The maximum atomic E-state index is 11.6. The second-order valence-corrected chi connectivity index (χ2v) is 6.31. The van der Waals surface area contributed by atoms with E-state index >= 15 is 0 Å². The van der Waals surface area contributed by atoms with E-state index in [1.165, 1.54) is 0 Å². The quantitative estimate of drug-likeness (QED) is 0.789. The first-order valence-electron chi connectivity index (χ1n) is 7.73. The van der Waals surface area contributed by atoms with Gasteiger partial charge in [0.25, 0.3) is 0 Å². The van der Waals surface area contributed by atoms with Gasteiger partial charge in [0.2, 0.25) is 5.91 Å². The van der Waals surface area contributed by atoms with Crippen molar-refractivity contribution in [2.45, 2.75) is 32.2 Å². The smallest absolute Gasteiger partial charge is 0.407 e. The molecule has 0 radical (unpaired) electrons. The van der Waals surface area contributed by atoms with Crippen molar-refractivity contribution in [2.24, 2.45) is 5.73 Å². The molecule has 1 aromatic rings. The highest BCUT2D eigenvalue weighted by atomic mass is 79.9. The molecule has 7 heteroatoms. The molecule has 126 valence electrons. The van der Waals surface area contributed by atoms with Crippen molar-refractivity contribution < 1.29 is 14.3 Å². The van der Waals surface area contributed by atoms with E-state index in [1.54, 1.807) is 6.92 Å². The zero-order valence-electron chi connectivity index (χ0n) is 13.3. The molecule has 23 heavy (non-hydrogen) atoms. The van der Waals surface area contributed by atoms with Gasteiger partial charge in [-0.05, 0) is 40.9 Å². The first-order valence-corrected chi connectivity index (χ1v) is 8.52. The fourth-order valence-corrected chi connectivity index (χ4v) is 3.82. The van der Waals surface area contributed by atoms with Crippen molar-refractivity contribution in [1.29, 1.82) is 0 Å². The van der Waals surface area contributed by atoms with Crippen LogP contribution in [0.4, 0.5) is 10.5 Å². The number of nitrogens with two attached hydrogens (primary N) is 1. The van der Waals surface area contributed by atoms with Gasteiger partial charge in [0.15, 0.2) is 0 Å². The van der Waals surface area contributed by atoms with E-state index in [4.69, 9.17) is 10.5 Å². The Bertz CT molecular complexity index is 594. The minimum Gasteiger partial charge on any atom is -0.450 e. The van der Waals surface area contributed by atoms with Gasteiger partial charge in [-0.2, -0.15) is 0 Å². The lowest BCUT2D eigenvalue weighted by Gasteiger charge is -2.29. The van der Waals surface area contributed by atoms with Crippen LogP contribution in [0.1, 0.15) is 31.7 Å². The van der Waals surface area contributed by atoms with Crippen molar-refractivity contribution >= 4 is 33.6 Å². The summed E-state index contributed by atoms with van der Waals surface area (Å²) in [5.41, 5.74) is 7.50. The highest BCUT2D eigenvalue weighted by Gasteiger charge is 2.39. The first-order chi connectivity index (χ1) is 11.0. The molecule has 1 heterocycles. The minimum atomic E-state index is -0.424. The lowest BCUT2D eigenvalue weighted by Crippen LogP contribution is -2.42. The zero-order chi connectivity index (χ0) is 17.0. The molecule has 2 rings (SSSR count). The van der Waals surface area contributed by atoms with Crippen LogP contribution < -0.4 is 16.0 Å². The van der Waals surface area contributed by atoms with Gasteiger partial charge in [-0.1, -0.05) is 19.1 Å². The monoisotopic (exact) mass is 383 g/mol. The van der Waals surface area contributed by atoms with Gasteiger partial charge in [0.05, 0.1) is 18.8 Å². The molecule has 0 aliphatic carbocycles. The predicted octanol–water partition coefficient (Wildman–Crippen LogP) is 2.36. The molecule has 0 fully saturated rings. The van der Waals surface area contributed by atoms with Gasteiger partial charge >= 0.3 is 6.09 Å². The summed E-state index contributed by atoms with van der Waals surface area (Å²) >= 11 is 3.56. The second kappa shape index (κ2) is 7.68. The lowest BCUT2D eigenvalue weighted by atomic mass is 9.93. The van der Waals surface area contributed by atoms with Crippen LogP contribution in [0.3, 0.4) is 0 Å². The van der Waals surface area contributed by atoms with Crippen molar-refractivity contribution in [3.63, 3.8) is 0 Å². The number of anilines is 1. The fourth-order valence-electron chi connectivity index (χ4n) is 3.22. The number of hydrogen-bond donors (Lipinski definition) is 2. The molecule has 2 amide bonds. The van der Waals surface area contributed by atoms with Gasteiger partial charge in [0, 0.05) is 23.0 Å². The third-order valence-electron chi connectivity index (χ3n) is 4.06. The van der Waals surface area contributed by atoms with E-state index in [1.807, 2.05) is 23.1 Å². The van der Waals surface area contributed by atoms with E-state index in [0.29, 0.717) is 13.2 Å². The van der Waals surface area contributed by atoms with Crippen molar-refractivity contribution in [3.05, 3.63) is 28.2 Å². The summed E-state index contributed by atoms with van der Waals surface area (Å²) in [6.45, 7) is 4.78. The molecule has 6 nitrogen and oxygen atoms in total. The van der Waals surface area contributed by atoms with E-state index in [-0.39, 0.29) is 24.4 Å². The molecule has 2 atom stereocenters. The number of para-hydroxylation sites is 1. The average Bonchev–Trinajstić information content (AvgIpc) is 2.79. The highest BCUT2D eigenvalue weighted by molar-refractivity contribution is 9.10. The summed E-state index contributed by atoms with van der Waals surface area (Å²) in [4.78, 5) is 25.1. The molecule has 0 spiro atoms. The Morgan fingerprint density at radius 1 is 1.39 bits per heavy atom. The van der Waals surface area contributed by atoms with Crippen LogP contribution in [0, 0.1) is 0 Å². The SMILES string of the molecule is CCOC(=O)NC[C@H]1c2cccc(Br)c2N(CC(N)=O)C1CC. The van der Waals surface area contributed by atoms with Crippen molar-refractivity contribution in [2.75, 3.05) is 24.6 Å². The number of alkyl carbamates (subject to hydrolysis) is 1. The van der Waals surface area contributed by atoms with E-state index in [0.717, 1.165) is 22.1 Å². The summed E-state index contributed by atoms with van der Waals surface area (Å²) in [5, 5.41) is 2.80. The van der Waals surface area contributed by atoms with Crippen LogP contribution in [-0.2, 0) is 9.53 Å². The molecule has 1 aliphatic rings. The number of rotatable bonds is 6. The summed E-state index contributed by atoms with van der Waals surface area (Å²) in [5.74, 6) is -0.291. The zero-order valence-corrected chi connectivity index (χ0v) is 14.9. The average molecular weight is 384 g/mol. The number of fused-ring (bicyclic) bond motifs is 1. The molecule has 0 aromatic heterocycles. The number of benzene rings is 1. The number of amides is 2. The Kier molecular flexibility index (Phi) is 5.87. The summed E-state index contributed by atoms with van der Waals surface area (Å²) in [7, 11) is 0. The summed E-state index contributed by atoms with van der Waals surface area (Å²) in [6.07, 6.45) is 0.413. The Balaban J connectivity index is 2.29. The first kappa shape index (κ1) is 17.6. The van der Waals surface area contributed by atoms with Crippen LogP contribution in [0.25, 0.3) is 0 Å². The normalized spacial score (nSPS) is 19.3. The fraction of sp³-hybridized carbons (Fsp3) is 0.500. The number of primary amides is 1. The molecule has 0 saturated carbocycles. The van der Waals surface area contributed by atoms with Crippen LogP contribution in [0.5, 0.6) is 0 Å². The van der Waals surface area contributed by atoms with Gasteiger partial charge in [-0.15, -0.1) is 0 Å². The van der Waals surface area contributed by atoms with Gasteiger partial charge < -0.3 is 20.7 Å². The molecule has 3 N–H and O–H groups in total. The highest BCUT2D eigenvalue weighted by Crippen LogP contribution is 2.45. The number of halogens is 1. The minimum absolute atomic E-state index is 0.0799. The topological polar surface area (TPSA) is 84.7 Å². The Morgan fingerprint density at radius 3 is 2.74 bits per heavy atom. The molecular weight excluding hydrogens is 362 g/mol. The Labute approximate surface area is 144 Å². The Hall–Kier alpha value is -1.76. The summed E-state index contributed by atoms with van der Waals surface area (Å²) < 4.78 is 5.85. The molecule has 0 bridgehead atoms. The van der Waals surface area contributed by atoms with E-state index < -0.39 is 6.09 Å². The largest absolute Gasteiger partial charge is 0.450 e. The van der Waals surface area contributed by atoms with E-state index in [2.05, 4.69) is 28.2 Å². The maximum Gasteiger partial charge on any atom is 0.407 e. The molecule has 1 aromatic carbocycles. The van der Waals surface area contributed by atoms with Crippen LogP contribution >= 0.6 is 15.9 Å². The number of nitrogens with one attached hydrogen (secondary N) is 1. The number of carbonyl (C=O) groups excluding carboxylic acids is 2. The molecular formula is C16H22BrN3O3. The third kappa shape index (κ3) is 3.77. The predicted molar refractivity (Wildman–Crippen MR) is 92.5 cm³/mol. The van der Waals surface area contributed by atoms with Crippen LogP contribution in [-0.4, -0.2) is 37.7 Å². The number of hydrogen-bond acceptors (Lipinski definition) is 4.